The summed E-state index contributed by atoms with van der Waals surface area (Å²) < 4.78 is 0. The number of anilines is 2. The summed E-state index contributed by atoms with van der Waals surface area (Å²) in [6.45, 7) is 0.248. The fourth-order valence-electron chi connectivity index (χ4n) is 1.46. The van der Waals surface area contributed by atoms with E-state index < -0.39 is 0 Å². The predicted octanol–water partition coefficient (Wildman–Crippen LogP) is -0.0378. The summed E-state index contributed by atoms with van der Waals surface area (Å²) in [6, 6.07) is 1.73. The van der Waals surface area contributed by atoms with E-state index in [0.29, 0.717) is 17.8 Å². The van der Waals surface area contributed by atoms with E-state index in [9.17, 15) is 4.79 Å². The molecule has 14 heavy (non-hydrogen) atoms. The summed E-state index contributed by atoms with van der Waals surface area (Å²) in [5, 5.41) is 11.6. The van der Waals surface area contributed by atoms with Crippen LogP contribution in [0.15, 0.2) is 12.3 Å². The standard InChI is InChI=1S/C9H11N3O2/c1-12-4-8(14)11-7-2-6(5-13)3-10-9(7)12/h2-3,13H,4-5H2,1H3,(H,11,14). The Labute approximate surface area is 81.4 Å². The van der Waals surface area contributed by atoms with Crippen LogP contribution in [0.25, 0.3) is 0 Å². The van der Waals surface area contributed by atoms with Crippen molar-refractivity contribution in [3.05, 3.63) is 17.8 Å². The average molecular weight is 193 g/mol. The molecule has 5 nitrogen and oxygen atoms in total. The van der Waals surface area contributed by atoms with Gasteiger partial charge in [-0.05, 0) is 11.6 Å². The van der Waals surface area contributed by atoms with E-state index in [1.54, 1.807) is 17.2 Å². The molecule has 1 aromatic rings. The highest BCUT2D eigenvalue weighted by Gasteiger charge is 2.20. The number of aliphatic hydroxyl groups is 1. The Morgan fingerprint density at radius 1 is 1.71 bits per heavy atom. The average Bonchev–Trinajstić information content (AvgIpc) is 2.16. The number of rotatable bonds is 1. The second-order valence-corrected chi connectivity index (χ2v) is 3.28. The Morgan fingerprint density at radius 2 is 2.50 bits per heavy atom. The number of aromatic nitrogens is 1. The summed E-state index contributed by atoms with van der Waals surface area (Å²) >= 11 is 0. The van der Waals surface area contributed by atoms with E-state index in [1.807, 2.05) is 7.05 Å². The zero-order valence-electron chi connectivity index (χ0n) is 7.82. The molecule has 1 aromatic heterocycles. The van der Waals surface area contributed by atoms with Crippen LogP contribution in [0.5, 0.6) is 0 Å². The van der Waals surface area contributed by atoms with E-state index in [2.05, 4.69) is 10.3 Å². The predicted molar refractivity (Wildman–Crippen MR) is 52.1 cm³/mol. The van der Waals surface area contributed by atoms with Crippen LogP contribution in [0.1, 0.15) is 5.56 Å². The smallest absolute Gasteiger partial charge is 0.244 e. The van der Waals surface area contributed by atoms with Gasteiger partial charge in [0.1, 0.15) is 0 Å². The van der Waals surface area contributed by atoms with Crippen LogP contribution >= 0.6 is 0 Å². The number of amides is 1. The van der Waals surface area contributed by atoms with Crippen molar-refractivity contribution in [2.45, 2.75) is 6.61 Å². The van der Waals surface area contributed by atoms with Gasteiger partial charge in [0.25, 0.3) is 0 Å². The molecular formula is C9H11N3O2. The van der Waals surface area contributed by atoms with Crippen molar-refractivity contribution in [1.29, 1.82) is 0 Å². The Hall–Kier alpha value is -1.62. The van der Waals surface area contributed by atoms with Crippen LogP contribution in [-0.2, 0) is 11.4 Å². The van der Waals surface area contributed by atoms with Gasteiger partial charge in [-0.25, -0.2) is 4.98 Å². The largest absolute Gasteiger partial charge is 0.392 e. The SMILES string of the molecule is CN1CC(=O)Nc2cc(CO)cnc21. The van der Waals surface area contributed by atoms with Crippen LogP contribution in [0.4, 0.5) is 11.5 Å². The second-order valence-electron chi connectivity index (χ2n) is 3.28. The number of pyridine rings is 1. The Kier molecular flexibility index (Phi) is 2.09. The van der Waals surface area contributed by atoms with Crippen molar-refractivity contribution in [2.24, 2.45) is 0 Å². The molecule has 1 amide bonds. The summed E-state index contributed by atoms with van der Waals surface area (Å²) in [4.78, 5) is 17.1. The maximum atomic E-state index is 11.2. The lowest BCUT2D eigenvalue weighted by Crippen LogP contribution is -2.36. The van der Waals surface area contributed by atoms with Crippen LogP contribution in [-0.4, -0.2) is 29.6 Å². The van der Waals surface area contributed by atoms with Crippen molar-refractivity contribution in [1.82, 2.24) is 4.98 Å². The highest BCUT2D eigenvalue weighted by Crippen LogP contribution is 2.26. The number of hydrogen-bond acceptors (Lipinski definition) is 4. The molecule has 0 radical (unpaired) electrons. The van der Waals surface area contributed by atoms with Crippen molar-refractivity contribution in [2.75, 3.05) is 23.8 Å². The number of nitrogens with one attached hydrogen (secondary N) is 1. The molecule has 5 heteroatoms. The number of aliphatic hydroxyl groups excluding tert-OH is 1. The highest BCUT2D eigenvalue weighted by atomic mass is 16.3. The number of hydrogen-bond donors (Lipinski definition) is 2. The van der Waals surface area contributed by atoms with Gasteiger partial charge in [0.05, 0.1) is 18.8 Å². The van der Waals surface area contributed by atoms with E-state index in [1.165, 1.54) is 0 Å². The van der Waals surface area contributed by atoms with Gasteiger partial charge in [0, 0.05) is 13.2 Å². The first-order chi connectivity index (χ1) is 6.70. The van der Waals surface area contributed by atoms with Crippen LogP contribution < -0.4 is 10.2 Å². The minimum absolute atomic E-state index is 0.0584. The first-order valence-corrected chi connectivity index (χ1v) is 4.31. The molecule has 0 spiro atoms. The molecule has 0 aromatic carbocycles. The van der Waals surface area contributed by atoms with Crippen LogP contribution in [0.3, 0.4) is 0 Å². The van der Waals surface area contributed by atoms with Crippen molar-refractivity contribution in [3.8, 4) is 0 Å². The molecule has 74 valence electrons. The maximum absolute atomic E-state index is 11.2. The molecule has 0 unspecified atom stereocenters. The van der Waals surface area contributed by atoms with Gasteiger partial charge in [-0.3, -0.25) is 4.79 Å². The van der Waals surface area contributed by atoms with Gasteiger partial charge in [-0.15, -0.1) is 0 Å². The van der Waals surface area contributed by atoms with E-state index >= 15 is 0 Å². The summed E-state index contributed by atoms with van der Waals surface area (Å²) in [6.07, 6.45) is 1.60. The van der Waals surface area contributed by atoms with E-state index in [0.717, 1.165) is 5.82 Å². The molecule has 2 rings (SSSR count). The van der Waals surface area contributed by atoms with Gasteiger partial charge in [0.15, 0.2) is 5.82 Å². The fraction of sp³-hybridized carbons (Fsp3) is 0.333. The monoisotopic (exact) mass is 193 g/mol. The number of fused-ring (bicyclic) bond motifs is 1. The molecule has 1 aliphatic rings. The topological polar surface area (TPSA) is 65.5 Å². The molecule has 0 fully saturated rings. The first kappa shape index (κ1) is 8.96. The molecule has 0 saturated heterocycles. The number of likely N-dealkylation sites (N-methyl/N-ethyl adjacent to an activating group) is 1. The molecular weight excluding hydrogens is 182 g/mol. The van der Waals surface area contributed by atoms with Crippen molar-refractivity contribution in [3.63, 3.8) is 0 Å². The molecule has 1 aliphatic heterocycles. The molecule has 0 bridgehead atoms. The normalized spacial score (nSPS) is 15.0. The zero-order chi connectivity index (χ0) is 10.1. The van der Waals surface area contributed by atoms with E-state index in [-0.39, 0.29) is 12.5 Å². The van der Waals surface area contributed by atoms with Gasteiger partial charge in [0.2, 0.25) is 5.91 Å². The third-order valence-electron chi connectivity index (χ3n) is 2.12. The molecule has 2 N–H and O–H groups in total. The lowest BCUT2D eigenvalue weighted by molar-refractivity contribution is -0.115. The minimum Gasteiger partial charge on any atom is -0.392 e. The lowest BCUT2D eigenvalue weighted by atomic mass is 10.2. The minimum atomic E-state index is -0.0696. The quantitative estimate of drug-likeness (QED) is 0.657. The van der Waals surface area contributed by atoms with Gasteiger partial charge in [-0.1, -0.05) is 0 Å². The fourth-order valence-corrected chi connectivity index (χ4v) is 1.46. The van der Waals surface area contributed by atoms with E-state index in [4.69, 9.17) is 5.11 Å². The molecule has 0 atom stereocenters. The number of carbonyl (C=O) groups excluding carboxylic acids is 1. The maximum Gasteiger partial charge on any atom is 0.244 e. The summed E-state index contributed by atoms with van der Waals surface area (Å²) in [5.41, 5.74) is 1.36. The Bertz CT molecular complexity index is 378. The highest BCUT2D eigenvalue weighted by molar-refractivity contribution is 6.00. The van der Waals surface area contributed by atoms with Crippen LogP contribution in [0.2, 0.25) is 0 Å². The molecule has 2 heterocycles. The van der Waals surface area contributed by atoms with Crippen LogP contribution in [0, 0.1) is 0 Å². The summed E-state index contributed by atoms with van der Waals surface area (Å²) in [5.74, 6) is 0.679. The van der Waals surface area contributed by atoms with Gasteiger partial charge < -0.3 is 15.3 Å². The Morgan fingerprint density at radius 3 is 3.21 bits per heavy atom. The van der Waals surface area contributed by atoms with Crippen molar-refractivity contribution >= 4 is 17.4 Å². The number of carbonyl (C=O) groups is 1. The number of nitrogens with zero attached hydrogens (tertiary/aromatic N) is 2. The van der Waals surface area contributed by atoms with Crippen molar-refractivity contribution < 1.29 is 9.90 Å². The molecule has 0 saturated carbocycles. The second kappa shape index (κ2) is 3.26. The third kappa shape index (κ3) is 1.42. The summed E-state index contributed by atoms with van der Waals surface area (Å²) in [7, 11) is 1.81. The van der Waals surface area contributed by atoms with Gasteiger partial charge >= 0.3 is 0 Å². The lowest BCUT2D eigenvalue weighted by Gasteiger charge is -2.26. The Balaban J connectivity index is 2.43. The molecule has 0 aliphatic carbocycles. The third-order valence-corrected chi connectivity index (χ3v) is 2.12. The van der Waals surface area contributed by atoms with Gasteiger partial charge in [-0.2, -0.15) is 0 Å². The zero-order valence-corrected chi connectivity index (χ0v) is 7.82. The first-order valence-electron chi connectivity index (χ1n) is 4.31.